The number of hydrogen-bond donors (Lipinski definition) is 2. The fourth-order valence-corrected chi connectivity index (χ4v) is 2.03. The highest BCUT2D eigenvalue weighted by Gasteiger charge is 2.38. The summed E-state index contributed by atoms with van der Waals surface area (Å²) in [5.74, 6) is 0. The van der Waals surface area contributed by atoms with E-state index in [1.54, 1.807) is 0 Å². The summed E-state index contributed by atoms with van der Waals surface area (Å²) in [6, 6.07) is 0.0694. The zero-order valence-corrected chi connectivity index (χ0v) is 11.5. The van der Waals surface area contributed by atoms with Gasteiger partial charge in [-0.2, -0.15) is 13.2 Å². The van der Waals surface area contributed by atoms with Crippen LogP contribution in [0.25, 0.3) is 0 Å². The van der Waals surface area contributed by atoms with Gasteiger partial charge in [0.15, 0.2) is 6.10 Å². The number of aliphatic hydroxyl groups excluding tert-OH is 1. The van der Waals surface area contributed by atoms with Crippen molar-refractivity contribution in [3.05, 3.63) is 11.6 Å². The van der Waals surface area contributed by atoms with Gasteiger partial charge in [0.2, 0.25) is 0 Å². The lowest BCUT2D eigenvalue weighted by atomic mass is 10.0. The molecule has 0 aromatic carbocycles. The SMILES string of the molecule is CC(C)=CCN1CCC(NCC(O)C(F)(F)F)CC1. The molecule has 0 saturated carbocycles. The van der Waals surface area contributed by atoms with Crippen LogP contribution in [-0.2, 0) is 0 Å². The number of nitrogens with one attached hydrogen (secondary N) is 1. The topological polar surface area (TPSA) is 35.5 Å². The second-order valence-electron chi connectivity index (χ2n) is 5.32. The van der Waals surface area contributed by atoms with E-state index in [1.807, 2.05) is 13.8 Å². The van der Waals surface area contributed by atoms with Crippen molar-refractivity contribution in [1.82, 2.24) is 10.2 Å². The number of allylic oxidation sites excluding steroid dienone is 1. The summed E-state index contributed by atoms with van der Waals surface area (Å²) >= 11 is 0. The van der Waals surface area contributed by atoms with Gasteiger partial charge in [0.1, 0.15) is 0 Å². The van der Waals surface area contributed by atoms with Crippen LogP contribution in [0.1, 0.15) is 26.7 Å². The van der Waals surface area contributed by atoms with Crippen LogP contribution < -0.4 is 5.32 Å². The predicted molar refractivity (Wildman–Crippen MR) is 69.0 cm³/mol. The van der Waals surface area contributed by atoms with Crippen LogP contribution in [0.5, 0.6) is 0 Å². The van der Waals surface area contributed by atoms with Gasteiger partial charge in [0.25, 0.3) is 0 Å². The molecule has 1 unspecified atom stereocenters. The van der Waals surface area contributed by atoms with Crippen LogP contribution in [0.3, 0.4) is 0 Å². The fraction of sp³-hybridized carbons (Fsp3) is 0.846. The molecule has 6 heteroatoms. The van der Waals surface area contributed by atoms with Crippen molar-refractivity contribution in [3.8, 4) is 0 Å². The molecule has 2 N–H and O–H groups in total. The molecule has 0 aromatic rings. The van der Waals surface area contributed by atoms with Crippen LogP contribution >= 0.6 is 0 Å². The molecule has 1 saturated heterocycles. The Kier molecular flexibility index (Phi) is 6.29. The first kappa shape index (κ1) is 16.5. The average molecular weight is 280 g/mol. The monoisotopic (exact) mass is 280 g/mol. The summed E-state index contributed by atoms with van der Waals surface area (Å²) < 4.78 is 36.4. The van der Waals surface area contributed by atoms with E-state index in [-0.39, 0.29) is 6.04 Å². The van der Waals surface area contributed by atoms with Crippen LogP contribution in [0, 0.1) is 0 Å². The minimum atomic E-state index is -4.53. The molecule has 0 aromatic heterocycles. The number of aliphatic hydroxyl groups is 1. The summed E-state index contributed by atoms with van der Waals surface area (Å²) in [5.41, 5.74) is 1.27. The first-order valence-corrected chi connectivity index (χ1v) is 6.63. The van der Waals surface area contributed by atoms with Crippen molar-refractivity contribution < 1.29 is 18.3 Å². The third kappa shape index (κ3) is 6.40. The molecule has 1 fully saturated rings. The van der Waals surface area contributed by atoms with Crippen molar-refractivity contribution >= 4 is 0 Å². The van der Waals surface area contributed by atoms with Gasteiger partial charge >= 0.3 is 6.18 Å². The lowest BCUT2D eigenvalue weighted by molar-refractivity contribution is -0.202. The summed E-state index contributed by atoms with van der Waals surface area (Å²) in [5, 5.41) is 11.7. The number of likely N-dealkylation sites (tertiary alicyclic amines) is 1. The summed E-state index contributed by atoms with van der Waals surface area (Å²) in [4.78, 5) is 2.28. The van der Waals surface area contributed by atoms with E-state index in [2.05, 4.69) is 16.3 Å². The average Bonchev–Trinajstić information content (AvgIpc) is 2.33. The molecular formula is C13H23F3N2O. The Morgan fingerprint density at radius 1 is 1.37 bits per heavy atom. The second-order valence-corrected chi connectivity index (χ2v) is 5.32. The van der Waals surface area contributed by atoms with Gasteiger partial charge in [-0.25, -0.2) is 0 Å². The molecule has 1 rings (SSSR count). The summed E-state index contributed by atoms with van der Waals surface area (Å²) in [6.07, 6.45) is -3.00. The Balaban J connectivity index is 2.22. The van der Waals surface area contributed by atoms with Crippen molar-refractivity contribution in [1.29, 1.82) is 0 Å². The number of alkyl halides is 3. The first-order valence-electron chi connectivity index (χ1n) is 6.63. The molecule has 1 aliphatic rings. The van der Waals surface area contributed by atoms with Crippen LogP contribution in [-0.4, -0.2) is 54.5 Å². The molecule has 0 spiro atoms. The van der Waals surface area contributed by atoms with Crippen molar-refractivity contribution in [2.45, 2.75) is 45.0 Å². The Morgan fingerprint density at radius 2 is 1.95 bits per heavy atom. The van der Waals surface area contributed by atoms with Crippen molar-refractivity contribution in [2.24, 2.45) is 0 Å². The molecule has 1 heterocycles. The normalized spacial score (nSPS) is 20.3. The first-order chi connectivity index (χ1) is 8.79. The fourth-order valence-electron chi connectivity index (χ4n) is 2.03. The third-order valence-electron chi connectivity index (χ3n) is 3.32. The molecule has 112 valence electrons. The zero-order valence-electron chi connectivity index (χ0n) is 11.5. The molecule has 0 bridgehead atoms. The number of nitrogens with zero attached hydrogens (tertiary/aromatic N) is 1. The highest BCUT2D eigenvalue weighted by Crippen LogP contribution is 2.20. The van der Waals surface area contributed by atoms with Crippen molar-refractivity contribution in [2.75, 3.05) is 26.2 Å². The maximum Gasteiger partial charge on any atom is 0.415 e. The molecular weight excluding hydrogens is 257 g/mol. The highest BCUT2D eigenvalue weighted by atomic mass is 19.4. The maximum absolute atomic E-state index is 12.1. The van der Waals surface area contributed by atoms with Crippen LogP contribution in [0.4, 0.5) is 13.2 Å². The van der Waals surface area contributed by atoms with Gasteiger partial charge in [-0.1, -0.05) is 11.6 Å². The number of halogens is 3. The Bertz CT molecular complexity index is 293. The van der Waals surface area contributed by atoms with E-state index in [0.29, 0.717) is 0 Å². The number of piperidine rings is 1. The smallest absolute Gasteiger partial charge is 0.382 e. The number of hydrogen-bond acceptors (Lipinski definition) is 3. The standard InChI is InChI=1S/C13H23F3N2O/c1-10(2)3-6-18-7-4-11(5-8-18)17-9-12(19)13(14,15)16/h3,11-12,17,19H,4-9H2,1-2H3. The molecule has 3 nitrogen and oxygen atoms in total. The van der Waals surface area contributed by atoms with Gasteiger partial charge in [-0.15, -0.1) is 0 Å². The van der Waals surface area contributed by atoms with Gasteiger partial charge in [-0.3, -0.25) is 4.90 Å². The van der Waals surface area contributed by atoms with Gasteiger partial charge in [0.05, 0.1) is 0 Å². The largest absolute Gasteiger partial charge is 0.415 e. The van der Waals surface area contributed by atoms with Crippen LogP contribution in [0.2, 0.25) is 0 Å². The highest BCUT2D eigenvalue weighted by molar-refractivity contribution is 4.95. The maximum atomic E-state index is 12.1. The molecule has 19 heavy (non-hydrogen) atoms. The molecule has 1 atom stereocenters. The predicted octanol–water partition coefficient (Wildman–Crippen LogP) is 1.93. The van der Waals surface area contributed by atoms with Crippen molar-refractivity contribution in [3.63, 3.8) is 0 Å². The van der Waals surface area contributed by atoms with Gasteiger partial charge in [-0.05, 0) is 39.8 Å². The second kappa shape index (κ2) is 7.26. The third-order valence-corrected chi connectivity index (χ3v) is 3.32. The Morgan fingerprint density at radius 3 is 2.42 bits per heavy atom. The van der Waals surface area contributed by atoms with E-state index in [9.17, 15) is 13.2 Å². The Labute approximate surface area is 112 Å². The van der Waals surface area contributed by atoms with Gasteiger partial charge in [0, 0.05) is 19.1 Å². The lowest BCUT2D eigenvalue weighted by Gasteiger charge is -2.32. The summed E-state index contributed by atoms with van der Waals surface area (Å²) in [7, 11) is 0. The van der Waals surface area contributed by atoms with Gasteiger partial charge < -0.3 is 10.4 Å². The van der Waals surface area contributed by atoms with E-state index < -0.39 is 18.8 Å². The molecule has 0 radical (unpaired) electrons. The molecule has 0 aliphatic carbocycles. The molecule has 1 aliphatic heterocycles. The lowest BCUT2D eigenvalue weighted by Crippen LogP contribution is -2.47. The van der Waals surface area contributed by atoms with E-state index in [1.165, 1.54) is 5.57 Å². The van der Waals surface area contributed by atoms with Crippen LogP contribution in [0.15, 0.2) is 11.6 Å². The minimum absolute atomic E-state index is 0.0694. The zero-order chi connectivity index (χ0) is 14.5. The quantitative estimate of drug-likeness (QED) is 0.755. The van der Waals surface area contributed by atoms with E-state index in [0.717, 1.165) is 32.5 Å². The van der Waals surface area contributed by atoms with E-state index in [4.69, 9.17) is 5.11 Å². The summed E-state index contributed by atoms with van der Waals surface area (Å²) in [6.45, 7) is 6.34. The number of rotatable bonds is 5. The Hall–Kier alpha value is -0.590. The van der Waals surface area contributed by atoms with E-state index >= 15 is 0 Å². The minimum Gasteiger partial charge on any atom is -0.382 e. The molecule has 0 amide bonds.